The van der Waals surface area contributed by atoms with Crippen LogP contribution in [0.4, 0.5) is 0 Å². The zero-order chi connectivity index (χ0) is 51.4. The Morgan fingerprint density at radius 1 is 0.464 bits per heavy atom. The average Bonchev–Trinajstić information content (AvgIpc) is 3.28. The summed E-state index contributed by atoms with van der Waals surface area (Å²) < 4.78 is 65.6. The van der Waals surface area contributed by atoms with Crippen LogP contribution in [0.25, 0.3) is 0 Å². The highest BCUT2D eigenvalue weighted by Gasteiger charge is 2.56. The summed E-state index contributed by atoms with van der Waals surface area (Å²) in [6.45, 7) is 2.94. The van der Waals surface area contributed by atoms with Gasteiger partial charge < -0.3 is 49.3 Å². The predicted octanol–water partition coefficient (Wildman–Crippen LogP) is 9.85. The molecular weight excluding hydrogens is 961 g/mol. The molecule has 5 unspecified atom stereocenters. The lowest BCUT2D eigenvalue weighted by molar-refractivity contribution is -0.213. The van der Waals surface area contributed by atoms with E-state index in [0.717, 1.165) is 83.5 Å². The highest BCUT2D eigenvalue weighted by atomic mass is 31.2. The van der Waals surface area contributed by atoms with Gasteiger partial charge in [-0.15, -0.1) is 0 Å². The fourth-order valence-corrected chi connectivity index (χ4v) is 10.0. The Labute approximate surface area is 411 Å². The fourth-order valence-electron chi connectivity index (χ4n) is 7.91. The van der Waals surface area contributed by atoms with E-state index in [-0.39, 0.29) is 12.8 Å². The summed E-state index contributed by atoms with van der Waals surface area (Å²) in [6, 6.07) is 0. The Hall–Kier alpha value is -1.37. The van der Waals surface area contributed by atoms with Gasteiger partial charge in [-0.3, -0.25) is 27.7 Å². The van der Waals surface area contributed by atoms with Crippen molar-refractivity contribution in [3.8, 4) is 0 Å². The number of carbonyl (C=O) groups excluding carboxylic acids is 2. The first kappa shape index (κ1) is 65.6. The van der Waals surface area contributed by atoms with Gasteiger partial charge in [0.1, 0.15) is 43.2 Å². The number of ether oxygens (including phenoxy) is 2. The number of allylic oxidation sites excluding steroid dienone is 4. The second kappa shape index (κ2) is 39.1. The van der Waals surface area contributed by atoms with Gasteiger partial charge in [0.15, 0.2) is 6.10 Å². The molecule has 22 heteroatoms. The molecule has 0 bridgehead atoms. The lowest BCUT2D eigenvalue weighted by Crippen LogP contribution is -2.65. The topological polar surface area (TPSA) is 303 Å². The second-order valence-electron chi connectivity index (χ2n) is 18.1. The molecule has 69 heavy (non-hydrogen) atoms. The number of carbonyl (C=O) groups is 2. The van der Waals surface area contributed by atoms with Crippen molar-refractivity contribution in [2.75, 3.05) is 13.2 Å². The minimum atomic E-state index is -5.60. The maximum absolute atomic E-state index is 13.1. The standard InChI is InChI=1S/C47H89O19P3/c1-3-5-7-9-11-13-15-17-18-19-20-21-22-24-25-27-29-31-33-35-40(48)61-37-39(63-41(49)36-34-32-30-28-26-23-16-14-12-10-8-6-4-2)38-62-69(59,60)66-45-42(50)43(51)46(64-67(53,54)55)47(44(45)52)65-68(56,57)58/h11,13,17-18,39,42-47,50-52H,3-10,12,14-16,19-38H2,1-2H3,(H,59,60)(H2,53,54,55)(H2,56,57,58)/t39-,42?,43?,44?,45+,46?,47+/m1/s1. The normalized spacial score (nSPS) is 21.5. The quantitative estimate of drug-likeness (QED) is 0.0122. The monoisotopic (exact) mass is 1050 g/mol. The summed E-state index contributed by atoms with van der Waals surface area (Å²) in [4.78, 5) is 73.3. The molecule has 19 nitrogen and oxygen atoms in total. The first-order chi connectivity index (χ1) is 32.8. The first-order valence-electron chi connectivity index (χ1n) is 25.6. The SMILES string of the molecule is CCCCCC=CCC=CCCCCCCCCCCCC(=O)OC[C@H](COP(=O)(O)O[C@H]1C(O)C(O)C(OP(=O)(O)O)[C@@H](OP(=O)(O)O)C1O)OC(=O)CCCCCCCCCCCCCCC. The van der Waals surface area contributed by atoms with Crippen LogP contribution in [-0.2, 0) is 50.9 Å². The zero-order valence-electron chi connectivity index (χ0n) is 41.4. The highest BCUT2D eigenvalue weighted by molar-refractivity contribution is 7.47. The van der Waals surface area contributed by atoms with Gasteiger partial charge in [0, 0.05) is 12.8 Å². The molecule has 1 fully saturated rings. The van der Waals surface area contributed by atoms with E-state index in [4.69, 9.17) is 18.5 Å². The number of unbranched alkanes of at least 4 members (excludes halogenated alkanes) is 24. The molecule has 0 aromatic rings. The van der Waals surface area contributed by atoms with Crippen molar-refractivity contribution >= 4 is 35.4 Å². The van der Waals surface area contributed by atoms with Crippen LogP contribution < -0.4 is 0 Å². The van der Waals surface area contributed by atoms with E-state index in [2.05, 4.69) is 47.2 Å². The number of hydrogen-bond donors (Lipinski definition) is 8. The van der Waals surface area contributed by atoms with Crippen molar-refractivity contribution in [3.63, 3.8) is 0 Å². The summed E-state index contributed by atoms with van der Waals surface area (Å²) in [7, 11) is -16.6. The summed E-state index contributed by atoms with van der Waals surface area (Å²) in [5, 5.41) is 31.9. The number of esters is 2. The van der Waals surface area contributed by atoms with Crippen molar-refractivity contribution in [1.29, 1.82) is 0 Å². The average molecular weight is 1050 g/mol. The molecule has 0 spiro atoms. The molecule has 0 saturated heterocycles. The Kier molecular flexibility index (Phi) is 37.2. The molecule has 0 aliphatic heterocycles. The maximum Gasteiger partial charge on any atom is 0.472 e. The molecule has 0 heterocycles. The van der Waals surface area contributed by atoms with Crippen LogP contribution in [0.2, 0.25) is 0 Å². The van der Waals surface area contributed by atoms with E-state index < -0.39 is 91.3 Å². The molecule has 8 atom stereocenters. The van der Waals surface area contributed by atoms with E-state index in [1.165, 1.54) is 83.5 Å². The predicted molar refractivity (Wildman–Crippen MR) is 261 cm³/mol. The Bertz CT molecular complexity index is 1540. The lowest BCUT2D eigenvalue weighted by Gasteiger charge is -2.44. The van der Waals surface area contributed by atoms with Gasteiger partial charge in [-0.2, -0.15) is 0 Å². The minimum absolute atomic E-state index is 0.00134. The van der Waals surface area contributed by atoms with E-state index in [0.29, 0.717) is 12.8 Å². The van der Waals surface area contributed by atoms with Gasteiger partial charge in [-0.1, -0.05) is 173 Å². The van der Waals surface area contributed by atoms with Crippen LogP contribution in [0, 0.1) is 0 Å². The molecule has 8 N–H and O–H groups in total. The Morgan fingerprint density at radius 3 is 1.30 bits per heavy atom. The van der Waals surface area contributed by atoms with Crippen LogP contribution >= 0.6 is 23.5 Å². The molecule has 1 saturated carbocycles. The van der Waals surface area contributed by atoms with Crippen LogP contribution in [-0.4, -0.2) is 108 Å². The van der Waals surface area contributed by atoms with Gasteiger partial charge in [0.05, 0.1) is 6.61 Å². The van der Waals surface area contributed by atoms with Gasteiger partial charge in [0.25, 0.3) is 0 Å². The van der Waals surface area contributed by atoms with Crippen molar-refractivity contribution in [2.24, 2.45) is 0 Å². The Morgan fingerprint density at radius 2 is 0.841 bits per heavy atom. The van der Waals surface area contributed by atoms with Gasteiger partial charge >= 0.3 is 35.4 Å². The third kappa shape index (κ3) is 35.4. The zero-order valence-corrected chi connectivity index (χ0v) is 44.1. The lowest BCUT2D eigenvalue weighted by atomic mass is 9.85. The van der Waals surface area contributed by atoms with Crippen molar-refractivity contribution in [1.82, 2.24) is 0 Å². The summed E-state index contributed by atoms with van der Waals surface area (Å²) in [6.07, 6.45) is 23.3. The fraction of sp³-hybridized carbons (Fsp3) is 0.872. The summed E-state index contributed by atoms with van der Waals surface area (Å²) in [5.74, 6) is -1.29. The van der Waals surface area contributed by atoms with Crippen LogP contribution in [0.1, 0.15) is 206 Å². The largest absolute Gasteiger partial charge is 0.472 e. The van der Waals surface area contributed by atoms with E-state index in [1.54, 1.807) is 0 Å². The Balaban J connectivity index is 2.66. The molecule has 1 rings (SSSR count). The van der Waals surface area contributed by atoms with Crippen LogP contribution in [0.5, 0.6) is 0 Å². The van der Waals surface area contributed by atoms with Gasteiger partial charge in [-0.25, -0.2) is 13.7 Å². The molecule has 1 aliphatic carbocycles. The number of rotatable bonds is 44. The van der Waals surface area contributed by atoms with Gasteiger partial charge in [0.2, 0.25) is 0 Å². The molecule has 0 radical (unpaired) electrons. The molecule has 406 valence electrons. The maximum atomic E-state index is 13.1. The molecular formula is C47H89O19P3. The summed E-state index contributed by atoms with van der Waals surface area (Å²) in [5.41, 5.74) is 0. The van der Waals surface area contributed by atoms with Crippen molar-refractivity contribution in [2.45, 2.75) is 249 Å². The molecule has 1 aliphatic rings. The molecule has 0 aromatic carbocycles. The van der Waals surface area contributed by atoms with Crippen LogP contribution in [0.3, 0.4) is 0 Å². The number of aliphatic hydroxyl groups is 3. The first-order valence-corrected chi connectivity index (χ1v) is 30.2. The third-order valence-corrected chi connectivity index (χ3v) is 13.8. The number of phosphoric acid groups is 3. The summed E-state index contributed by atoms with van der Waals surface area (Å²) >= 11 is 0. The number of phosphoric ester groups is 3. The van der Waals surface area contributed by atoms with Gasteiger partial charge in [-0.05, 0) is 44.9 Å². The number of aliphatic hydroxyl groups excluding tert-OH is 3. The highest BCUT2D eigenvalue weighted by Crippen LogP contribution is 2.51. The second-order valence-corrected chi connectivity index (χ2v) is 21.9. The third-order valence-electron chi connectivity index (χ3n) is 11.8. The molecule has 0 amide bonds. The van der Waals surface area contributed by atoms with Crippen LogP contribution in [0.15, 0.2) is 24.3 Å². The number of hydrogen-bond acceptors (Lipinski definition) is 14. The van der Waals surface area contributed by atoms with Crippen molar-refractivity contribution < 1.29 is 90.6 Å². The minimum Gasteiger partial charge on any atom is -0.462 e. The van der Waals surface area contributed by atoms with E-state index >= 15 is 0 Å². The van der Waals surface area contributed by atoms with Crippen molar-refractivity contribution in [3.05, 3.63) is 24.3 Å². The van der Waals surface area contributed by atoms with E-state index in [1.807, 2.05) is 0 Å². The van der Waals surface area contributed by atoms with E-state index in [9.17, 15) is 63.1 Å². The smallest absolute Gasteiger partial charge is 0.462 e. The molecule has 0 aromatic heterocycles.